The van der Waals surface area contributed by atoms with E-state index in [-0.39, 0.29) is 17.4 Å². The molecule has 2 fully saturated rings. The van der Waals surface area contributed by atoms with Crippen molar-refractivity contribution in [3.8, 4) is 0 Å². The van der Waals surface area contributed by atoms with Crippen molar-refractivity contribution >= 4 is 11.8 Å². The van der Waals surface area contributed by atoms with Crippen LogP contribution in [0.5, 0.6) is 0 Å². The molecule has 3 aliphatic rings. The fourth-order valence-corrected chi connectivity index (χ4v) is 5.10. The topological polar surface area (TPSA) is 70.5 Å². The number of carbonyl (C=O) groups excluding carboxylic acids is 2. The Bertz CT molecular complexity index is 720. The normalized spacial score (nSPS) is 24.8. The number of aromatic nitrogens is 2. The first-order valence-electron chi connectivity index (χ1n) is 10.3. The molecule has 2 saturated heterocycles. The summed E-state index contributed by atoms with van der Waals surface area (Å²) in [6.07, 6.45) is 7.95. The molecule has 1 unspecified atom stereocenters. The van der Waals surface area contributed by atoms with Crippen LogP contribution in [-0.2, 0) is 17.8 Å². The molecular formula is C20H31N5O2. The number of amides is 2. The standard InChI is InChI=1S/C20H31N5O2/c1-15(26)21-13-16-4-9-25-18(12-16)17(14-22-25)19(27)24-8-3-5-20(24)6-10-23(2)11-7-20/h14,16H,3-13H2,1-2H3,(H,21,26). The number of aryl methyl sites for hydroxylation is 1. The molecule has 0 saturated carbocycles. The van der Waals surface area contributed by atoms with Crippen LogP contribution in [-0.4, -0.2) is 70.2 Å². The molecule has 1 aromatic heterocycles. The maximum absolute atomic E-state index is 13.5. The lowest BCUT2D eigenvalue weighted by Crippen LogP contribution is -2.53. The molecule has 27 heavy (non-hydrogen) atoms. The van der Waals surface area contributed by atoms with Crippen LogP contribution in [0.15, 0.2) is 6.20 Å². The number of piperidine rings is 1. The molecule has 2 amide bonds. The summed E-state index contributed by atoms with van der Waals surface area (Å²) in [6.45, 7) is 6.04. The van der Waals surface area contributed by atoms with E-state index in [1.165, 1.54) is 0 Å². The Morgan fingerprint density at radius 3 is 2.74 bits per heavy atom. The Morgan fingerprint density at radius 1 is 1.22 bits per heavy atom. The van der Waals surface area contributed by atoms with Gasteiger partial charge in [0.2, 0.25) is 5.91 Å². The van der Waals surface area contributed by atoms with E-state index < -0.39 is 0 Å². The molecule has 1 aromatic rings. The Kier molecular flexibility index (Phi) is 4.97. The minimum atomic E-state index is 0.00616. The molecule has 0 aromatic carbocycles. The number of hydrogen-bond donors (Lipinski definition) is 1. The van der Waals surface area contributed by atoms with Crippen LogP contribution in [0.2, 0.25) is 0 Å². The lowest BCUT2D eigenvalue weighted by Gasteiger charge is -2.44. The molecule has 4 heterocycles. The van der Waals surface area contributed by atoms with Gasteiger partial charge in [-0.1, -0.05) is 0 Å². The largest absolute Gasteiger partial charge is 0.356 e. The average molecular weight is 374 g/mol. The van der Waals surface area contributed by atoms with Gasteiger partial charge in [0.25, 0.3) is 5.91 Å². The highest BCUT2D eigenvalue weighted by Gasteiger charge is 2.45. The van der Waals surface area contributed by atoms with E-state index in [0.717, 1.165) is 76.0 Å². The smallest absolute Gasteiger partial charge is 0.257 e. The predicted octanol–water partition coefficient (Wildman–Crippen LogP) is 1.28. The Morgan fingerprint density at radius 2 is 2.00 bits per heavy atom. The van der Waals surface area contributed by atoms with Crippen LogP contribution in [0.4, 0.5) is 0 Å². The molecule has 0 radical (unpaired) electrons. The summed E-state index contributed by atoms with van der Waals surface area (Å²) < 4.78 is 1.99. The number of nitrogens with zero attached hydrogens (tertiary/aromatic N) is 4. The quantitative estimate of drug-likeness (QED) is 0.867. The maximum atomic E-state index is 13.5. The van der Waals surface area contributed by atoms with Crippen molar-refractivity contribution in [1.82, 2.24) is 24.9 Å². The van der Waals surface area contributed by atoms with E-state index >= 15 is 0 Å². The second kappa shape index (κ2) is 7.26. The molecule has 4 rings (SSSR count). The Labute approximate surface area is 161 Å². The molecule has 1 atom stereocenters. The van der Waals surface area contributed by atoms with Crippen LogP contribution in [0.1, 0.15) is 55.1 Å². The third kappa shape index (κ3) is 3.49. The van der Waals surface area contributed by atoms with Gasteiger partial charge >= 0.3 is 0 Å². The highest BCUT2D eigenvalue weighted by molar-refractivity contribution is 5.96. The van der Waals surface area contributed by atoms with E-state index in [1.54, 1.807) is 13.1 Å². The van der Waals surface area contributed by atoms with Gasteiger partial charge in [0, 0.05) is 45.2 Å². The van der Waals surface area contributed by atoms with Gasteiger partial charge in [-0.15, -0.1) is 0 Å². The number of rotatable bonds is 3. The second-order valence-electron chi connectivity index (χ2n) is 8.61. The summed E-state index contributed by atoms with van der Waals surface area (Å²) >= 11 is 0. The first kappa shape index (κ1) is 18.5. The van der Waals surface area contributed by atoms with E-state index in [4.69, 9.17) is 0 Å². The van der Waals surface area contributed by atoms with Gasteiger partial charge in [0.15, 0.2) is 0 Å². The summed E-state index contributed by atoms with van der Waals surface area (Å²) in [7, 11) is 2.16. The minimum absolute atomic E-state index is 0.00616. The van der Waals surface area contributed by atoms with Gasteiger partial charge in [-0.25, -0.2) is 0 Å². The van der Waals surface area contributed by atoms with Crippen LogP contribution < -0.4 is 5.32 Å². The molecule has 1 N–H and O–H groups in total. The van der Waals surface area contributed by atoms with Gasteiger partial charge < -0.3 is 15.1 Å². The zero-order valence-corrected chi connectivity index (χ0v) is 16.5. The maximum Gasteiger partial charge on any atom is 0.257 e. The number of nitrogens with one attached hydrogen (secondary N) is 1. The highest BCUT2D eigenvalue weighted by atomic mass is 16.2. The summed E-state index contributed by atoms with van der Waals surface area (Å²) in [5.74, 6) is 0.547. The number of carbonyl (C=O) groups is 2. The minimum Gasteiger partial charge on any atom is -0.356 e. The molecule has 148 valence electrons. The van der Waals surface area contributed by atoms with Crippen molar-refractivity contribution in [3.63, 3.8) is 0 Å². The van der Waals surface area contributed by atoms with Crippen molar-refractivity contribution in [3.05, 3.63) is 17.5 Å². The van der Waals surface area contributed by atoms with Gasteiger partial charge in [-0.05, 0) is 51.5 Å². The predicted molar refractivity (Wildman–Crippen MR) is 102 cm³/mol. The molecule has 3 aliphatic heterocycles. The highest BCUT2D eigenvalue weighted by Crippen LogP contribution is 2.39. The van der Waals surface area contributed by atoms with E-state index in [0.29, 0.717) is 12.5 Å². The van der Waals surface area contributed by atoms with E-state index in [2.05, 4.69) is 27.3 Å². The first-order chi connectivity index (χ1) is 13.0. The fourth-order valence-electron chi connectivity index (χ4n) is 5.10. The number of hydrogen-bond acceptors (Lipinski definition) is 4. The van der Waals surface area contributed by atoms with Gasteiger partial charge in [-0.3, -0.25) is 14.3 Å². The SMILES string of the molecule is CC(=O)NCC1CCn2ncc(C(=O)N3CCCC34CCN(C)CC4)c2C1. The first-order valence-corrected chi connectivity index (χ1v) is 10.3. The van der Waals surface area contributed by atoms with Gasteiger partial charge in [-0.2, -0.15) is 5.10 Å². The van der Waals surface area contributed by atoms with E-state index in [1.807, 2.05) is 4.68 Å². The third-order valence-corrected chi connectivity index (χ3v) is 6.81. The van der Waals surface area contributed by atoms with Crippen molar-refractivity contribution < 1.29 is 9.59 Å². The van der Waals surface area contributed by atoms with Gasteiger partial charge in [0.05, 0.1) is 17.5 Å². The van der Waals surface area contributed by atoms with Crippen molar-refractivity contribution in [2.24, 2.45) is 5.92 Å². The van der Waals surface area contributed by atoms with Crippen LogP contribution in [0, 0.1) is 5.92 Å². The Hall–Kier alpha value is -1.89. The van der Waals surface area contributed by atoms with E-state index in [9.17, 15) is 9.59 Å². The number of fused-ring (bicyclic) bond motifs is 1. The molecule has 7 nitrogen and oxygen atoms in total. The average Bonchev–Trinajstić information content (AvgIpc) is 3.26. The summed E-state index contributed by atoms with van der Waals surface area (Å²) in [5.41, 5.74) is 1.88. The fraction of sp³-hybridized carbons (Fsp3) is 0.750. The van der Waals surface area contributed by atoms with Crippen LogP contribution >= 0.6 is 0 Å². The van der Waals surface area contributed by atoms with Crippen molar-refractivity contribution in [2.75, 3.05) is 33.2 Å². The van der Waals surface area contributed by atoms with Crippen molar-refractivity contribution in [2.45, 2.75) is 57.5 Å². The molecule has 1 spiro atoms. The van der Waals surface area contributed by atoms with Crippen LogP contribution in [0.25, 0.3) is 0 Å². The zero-order valence-electron chi connectivity index (χ0n) is 16.5. The second-order valence-corrected chi connectivity index (χ2v) is 8.61. The van der Waals surface area contributed by atoms with Crippen LogP contribution in [0.3, 0.4) is 0 Å². The Balaban J connectivity index is 1.52. The molecule has 0 bridgehead atoms. The summed E-state index contributed by atoms with van der Waals surface area (Å²) in [5, 5.41) is 7.42. The lowest BCUT2D eigenvalue weighted by atomic mass is 9.84. The molecule has 0 aliphatic carbocycles. The summed E-state index contributed by atoms with van der Waals surface area (Å²) in [4.78, 5) is 29.3. The van der Waals surface area contributed by atoms with Gasteiger partial charge in [0.1, 0.15) is 0 Å². The monoisotopic (exact) mass is 373 g/mol. The third-order valence-electron chi connectivity index (χ3n) is 6.81. The zero-order chi connectivity index (χ0) is 19.0. The number of likely N-dealkylation sites (tertiary alicyclic amines) is 2. The summed E-state index contributed by atoms with van der Waals surface area (Å²) in [6, 6.07) is 0. The lowest BCUT2D eigenvalue weighted by molar-refractivity contribution is -0.119. The molecule has 7 heteroatoms. The molecular weight excluding hydrogens is 342 g/mol. The van der Waals surface area contributed by atoms with Crippen molar-refractivity contribution in [1.29, 1.82) is 0 Å².